The van der Waals surface area contributed by atoms with Gasteiger partial charge in [0.15, 0.2) is 5.76 Å². The number of rotatable bonds is 3. The Kier molecular flexibility index (Phi) is 3.53. The van der Waals surface area contributed by atoms with E-state index in [0.717, 1.165) is 23.6 Å². The Bertz CT molecular complexity index is 506. The first kappa shape index (κ1) is 12.8. The Morgan fingerprint density at radius 2 is 1.83 bits per heavy atom. The van der Waals surface area contributed by atoms with Gasteiger partial charge in [-0.15, -0.1) is 0 Å². The van der Waals surface area contributed by atoms with Gasteiger partial charge in [-0.25, -0.2) is 0 Å². The number of nitrogens with one attached hydrogen (secondary N) is 1. The predicted octanol–water partition coefficient (Wildman–Crippen LogP) is 3.36. The third-order valence-corrected chi connectivity index (χ3v) is 2.95. The van der Waals surface area contributed by atoms with Crippen molar-refractivity contribution in [3.8, 4) is 11.3 Å². The predicted molar refractivity (Wildman–Crippen MR) is 73.4 cm³/mol. The van der Waals surface area contributed by atoms with E-state index in [1.807, 2.05) is 13.1 Å². The maximum atomic E-state index is 5.34. The van der Waals surface area contributed by atoms with E-state index in [2.05, 4.69) is 55.5 Å². The molecule has 3 heteroatoms. The first-order valence-corrected chi connectivity index (χ1v) is 6.22. The van der Waals surface area contributed by atoms with E-state index in [0.29, 0.717) is 0 Å². The molecule has 2 aromatic rings. The molecule has 0 aliphatic rings. The Labute approximate surface area is 108 Å². The lowest BCUT2D eigenvalue weighted by atomic mass is 9.86. The summed E-state index contributed by atoms with van der Waals surface area (Å²) in [7, 11) is 1.90. The zero-order chi connectivity index (χ0) is 13.2. The van der Waals surface area contributed by atoms with Gasteiger partial charge in [-0.3, -0.25) is 0 Å². The van der Waals surface area contributed by atoms with Crippen molar-refractivity contribution >= 4 is 0 Å². The highest BCUT2D eigenvalue weighted by Crippen LogP contribution is 2.26. The lowest BCUT2D eigenvalue weighted by Gasteiger charge is -2.18. The molecule has 0 fully saturated rings. The average Bonchev–Trinajstić information content (AvgIpc) is 2.77. The molecule has 3 nitrogen and oxygen atoms in total. The molecule has 1 aromatic heterocycles. The molecule has 0 saturated heterocycles. The summed E-state index contributed by atoms with van der Waals surface area (Å²) in [6.07, 6.45) is 0. The molecular formula is C15H20N2O. The van der Waals surface area contributed by atoms with Crippen LogP contribution >= 0.6 is 0 Å². The van der Waals surface area contributed by atoms with Crippen molar-refractivity contribution < 1.29 is 4.52 Å². The molecule has 0 atom stereocenters. The Hall–Kier alpha value is -1.61. The van der Waals surface area contributed by atoms with Crippen LogP contribution in [0, 0.1) is 0 Å². The van der Waals surface area contributed by atoms with Crippen molar-refractivity contribution in [1.82, 2.24) is 10.5 Å². The molecule has 96 valence electrons. The highest BCUT2D eigenvalue weighted by molar-refractivity contribution is 5.58. The van der Waals surface area contributed by atoms with Crippen LogP contribution in [-0.2, 0) is 12.0 Å². The molecule has 0 aliphatic heterocycles. The van der Waals surface area contributed by atoms with Crippen LogP contribution < -0.4 is 5.32 Å². The van der Waals surface area contributed by atoms with Crippen molar-refractivity contribution in [2.45, 2.75) is 32.7 Å². The maximum absolute atomic E-state index is 5.34. The van der Waals surface area contributed by atoms with Crippen LogP contribution in [0.4, 0.5) is 0 Å². The van der Waals surface area contributed by atoms with Gasteiger partial charge in [-0.2, -0.15) is 0 Å². The highest BCUT2D eigenvalue weighted by atomic mass is 16.5. The summed E-state index contributed by atoms with van der Waals surface area (Å²) in [5.74, 6) is 0.820. The third-order valence-electron chi connectivity index (χ3n) is 2.95. The van der Waals surface area contributed by atoms with E-state index < -0.39 is 0 Å². The van der Waals surface area contributed by atoms with Gasteiger partial charge in [0.2, 0.25) is 0 Å². The van der Waals surface area contributed by atoms with Gasteiger partial charge in [-0.1, -0.05) is 50.2 Å². The summed E-state index contributed by atoms with van der Waals surface area (Å²) >= 11 is 0. The second kappa shape index (κ2) is 4.94. The number of hydrogen-bond acceptors (Lipinski definition) is 3. The Morgan fingerprint density at radius 1 is 1.17 bits per heavy atom. The Morgan fingerprint density at radius 3 is 2.39 bits per heavy atom. The van der Waals surface area contributed by atoms with Gasteiger partial charge in [0.05, 0.1) is 5.69 Å². The molecule has 18 heavy (non-hydrogen) atoms. The van der Waals surface area contributed by atoms with E-state index in [9.17, 15) is 0 Å². The molecule has 0 unspecified atom stereocenters. The lowest BCUT2D eigenvalue weighted by Crippen LogP contribution is -2.10. The summed E-state index contributed by atoms with van der Waals surface area (Å²) in [4.78, 5) is 0. The van der Waals surface area contributed by atoms with Crippen LogP contribution in [0.15, 0.2) is 34.9 Å². The number of benzene rings is 1. The average molecular weight is 244 g/mol. The molecule has 0 radical (unpaired) electrons. The monoisotopic (exact) mass is 244 g/mol. The van der Waals surface area contributed by atoms with E-state index in [-0.39, 0.29) is 5.41 Å². The smallest absolute Gasteiger partial charge is 0.167 e. The maximum Gasteiger partial charge on any atom is 0.167 e. The summed E-state index contributed by atoms with van der Waals surface area (Å²) in [6, 6.07) is 10.4. The van der Waals surface area contributed by atoms with Crippen molar-refractivity contribution in [2.24, 2.45) is 0 Å². The van der Waals surface area contributed by atoms with Crippen LogP contribution in [0.3, 0.4) is 0 Å². The standard InChI is InChI=1S/C15H20N2O/c1-15(2,3)12-7-5-11(6-8-12)14-9-13(10-16-4)17-18-14/h5-9,16H,10H2,1-4H3. The third kappa shape index (κ3) is 2.79. The molecule has 1 N–H and O–H groups in total. The van der Waals surface area contributed by atoms with Crippen molar-refractivity contribution in [3.63, 3.8) is 0 Å². The Balaban J connectivity index is 2.23. The van der Waals surface area contributed by atoms with Gasteiger partial charge in [-0.05, 0) is 18.0 Å². The van der Waals surface area contributed by atoms with Gasteiger partial charge < -0.3 is 9.84 Å². The fourth-order valence-electron chi connectivity index (χ4n) is 1.85. The topological polar surface area (TPSA) is 38.1 Å². The van der Waals surface area contributed by atoms with E-state index in [4.69, 9.17) is 4.52 Å². The molecule has 0 amide bonds. The summed E-state index contributed by atoms with van der Waals surface area (Å²) in [5.41, 5.74) is 3.49. The SMILES string of the molecule is CNCc1cc(-c2ccc(C(C)(C)C)cc2)on1. The lowest BCUT2D eigenvalue weighted by molar-refractivity contribution is 0.421. The minimum Gasteiger partial charge on any atom is -0.356 e. The van der Waals surface area contributed by atoms with Crippen LogP contribution in [0.2, 0.25) is 0 Å². The van der Waals surface area contributed by atoms with Crippen LogP contribution in [0.5, 0.6) is 0 Å². The van der Waals surface area contributed by atoms with Crippen LogP contribution in [-0.4, -0.2) is 12.2 Å². The van der Waals surface area contributed by atoms with Gasteiger partial charge >= 0.3 is 0 Å². The second-order valence-electron chi connectivity index (χ2n) is 5.54. The number of aromatic nitrogens is 1. The summed E-state index contributed by atoms with van der Waals surface area (Å²) < 4.78 is 5.34. The molecule has 1 heterocycles. The van der Waals surface area contributed by atoms with Crippen molar-refractivity contribution in [1.29, 1.82) is 0 Å². The quantitative estimate of drug-likeness (QED) is 0.899. The first-order chi connectivity index (χ1) is 8.50. The van der Waals surface area contributed by atoms with Gasteiger partial charge in [0.1, 0.15) is 0 Å². The molecule has 0 saturated carbocycles. The number of nitrogens with zero attached hydrogens (tertiary/aromatic N) is 1. The summed E-state index contributed by atoms with van der Waals surface area (Å²) in [6.45, 7) is 7.36. The van der Waals surface area contributed by atoms with Crippen molar-refractivity contribution in [3.05, 3.63) is 41.6 Å². The molecule has 0 spiro atoms. The highest BCUT2D eigenvalue weighted by Gasteiger charge is 2.14. The molecule has 2 rings (SSSR count). The molecule has 1 aromatic carbocycles. The van der Waals surface area contributed by atoms with E-state index in [1.165, 1.54) is 5.56 Å². The van der Waals surface area contributed by atoms with E-state index >= 15 is 0 Å². The zero-order valence-electron chi connectivity index (χ0n) is 11.4. The van der Waals surface area contributed by atoms with E-state index in [1.54, 1.807) is 0 Å². The number of hydrogen-bond donors (Lipinski definition) is 1. The largest absolute Gasteiger partial charge is 0.356 e. The molecular weight excluding hydrogens is 224 g/mol. The second-order valence-corrected chi connectivity index (χ2v) is 5.54. The fourth-order valence-corrected chi connectivity index (χ4v) is 1.85. The van der Waals surface area contributed by atoms with Gasteiger partial charge in [0.25, 0.3) is 0 Å². The first-order valence-electron chi connectivity index (χ1n) is 6.22. The summed E-state index contributed by atoms with van der Waals surface area (Å²) in [5, 5.41) is 7.07. The molecule has 0 bridgehead atoms. The van der Waals surface area contributed by atoms with Crippen molar-refractivity contribution in [2.75, 3.05) is 7.05 Å². The zero-order valence-corrected chi connectivity index (χ0v) is 11.4. The van der Waals surface area contributed by atoms with Crippen LogP contribution in [0.25, 0.3) is 11.3 Å². The van der Waals surface area contributed by atoms with Crippen LogP contribution in [0.1, 0.15) is 32.0 Å². The van der Waals surface area contributed by atoms with Gasteiger partial charge in [0, 0.05) is 18.2 Å². The fraction of sp³-hybridized carbons (Fsp3) is 0.400. The minimum absolute atomic E-state index is 0.178. The normalized spacial score (nSPS) is 11.8. The molecule has 0 aliphatic carbocycles. The minimum atomic E-state index is 0.178.